The molecule has 0 heterocycles. The van der Waals surface area contributed by atoms with Gasteiger partial charge in [-0.05, 0) is 51.1 Å². The molecule has 0 spiro atoms. The number of nitrogens with one attached hydrogen (secondary N) is 1. The summed E-state index contributed by atoms with van der Waals surface area (Å²) in [6, 6.07) is 0. The zero-order valence-corrected chi connectivity index (χ0v) is 10.7. The summed E-state index contributed by atoms with van der Waals surface area (Å²) in [7, 11) is 4.03. The molecule has 0 radical (unpaired) electrons. The number of hydrogen-bond acceptors (Lipinski definition) is 3. The number of aliphatic hydroxyl groups excluding tert-OH is 1. The Kier molecular flexibility index (Phi) is 4.22. The minimum absolute atomic E-state index is 0.228. The Bertz CT molecular complexity index is 222. The first-order chi connectivity index (χ1) is 7.69. The molecular weight excluding hydrogens is 200 g/mol. The van der Waals surface area contributed by atoms with Gasteiger partial charge in [-0.15, -0.1) is 0 Å². The number of rotatable bonds is 6. The fourth-order valence-electron chi connectivity index (χ4n) is 3.73. The second kappa shape index (κ2) is 5.48. The van der Waals surface area contributed by atoms with E-state index in [1.807, 2.05) is 7.05 Å². The van der Waals surface area contributed by atoms with Crippen molar-refractivity contribution in [2.24, 2.45) is 17.8 Å². The predicted molar refractivity (Wildman–Crippen MR) is 66.4 cm³/mol. The van der Waals surface area contributed by atoms with E-state index >= 15 is 0 Å². The molecule has 2 bridgehead atoms. The van der Waals surface area contributed by atoms with Crippen LogP contribution in [-0.2, 0) is 0 Å². The highest BCUT2D eigenvalue weighted by Crippen LogP contribution is 2.48. The first-order valence-electron chi connectivity index (χ1n) is 6.70. The van der Waals surface area contributed by atoms with E-state index in [-0.39, 0.29) is 6.10 Å². The standard InChI is InChI=1S/C13H26N2O/c1-14-7-13(16)9-15(2)8-12-6-10-3-4-11(12)5-10/h10-14,16H,3-9H2,1-2H3. The Labute approximate surface area is 99.2 Å². The van der Waals surface area contributed by atoms with Gasteiger partial charge in [0, 0.05) is 19.6 Å². The van der Waals surface area contributed by atoms with Crippen molar-refractivity contribution < 1.29 is 5.11 Å². The molecular formula is C13H26N2O. The molecule has 4 unspecified atom stereocenters. The molecule has 0 saturated heterocycles. The number of hydrogen-bond donors (Lipinski definition) is 2. The summed E-state index contributed by atoms with van der Waals surface area (Å²) in [5.41, 5.74) is 0. The molecule has 0 aromatic heterocycles. The molecule has 2 aliphatic carbocycles. The van der Waals surface area contributed by atoms with Crippen LogP contribution >= 0.6 is 0 Å². The second-order valence-corrected chi connectivity index (χ2v) is 5.87. The van der Waals surface area contributed by atoms with Gasteiger partial charge in [0.15, 0.2) is 0 Å². The fourth-order valence-corrected chi connectivity index (χ4v) is 3.73. The molecule has 0 aromatic carbocycles. The minimum Gasteiger partial charge on any atom is -0.390 e. The zero-order chi connectivity index (χ0) is 11.5. The maximum absolute atomic E-state index is 9.72. The molecule has 2 saturated carbocycles. The predicted octanol–water partition coefficient (Wildman–Crippen LogP) is 0.935. The molecule has 3 heteroatoms. The van der Waals surface area contributed by atoms with Crippen LogP contribution in [0.5, 0.6) is 0 Å². The maximum atomic E-state index is 9.72. The van der Waals surface area contributed by atoms with E-state index in [1.54, 1.807) is 0 Å². The first-order valence-corrected chi connectivity index (χ1v) is 6.70. The molecule has 2 fully saturated rings. The molecule has 3 nitrogen and oxygen atoms in total. The van der Waals surface area contributed by atoms with E-state index in [4.69, 9.17) is 0 Å². The second-order valence-electron chi connectivity index (χ2n) is 5.87. The highest BCUT2D eigenvalue weighted by Gasteiger charge is 2.39. The number of fused-ring (bicyclic) bond motifs is 2. The van der Waals surface area contributed by atoms with Crippen molar-refractivity contribution in [3.63, 3.8) is 0 Å². The molecule has 2 rings (SSSR count). The summed E-state index contributed by atoms with van der Waals surface area (Å²) in [5, 5.41) is 12.7. The largest absolute Gasteiger partial charge is 0.390 e. The van der Waals surface area contributed by atoms with Gasteiger partial charge in [0.25, 0.3) is 0 Å². The highest BCUT2D eigenvalue weighted by atomic mass is 16.3. The van der Waals surface area contributed by atoms with Crippen molar-refractivity contribution in [1.82, 2.24) is 10.2 Å². The summed E-state index contributed by atoms with van der Waals surface area (Å²) in [6.45, 7) is 2.68. The van der Waals surface area contributed by atoms with Gasteiger partial charge < -0.3 is 15.3 Å². The number of aliphatic hydroxyl groups is 1. The van der Waals surface area contributed by atoms with Crippen LogP contribution in [0.1, 0.15) is 25.7 Å². The van der Waals surface area contributed by atoms with Crippen LogP contribution in [0.3, 0.4) is 0 Å². The average molecular weight is 226 g/mol. The molecule has 16 heavy (non-hydrogen) atoms. The van der Waals surface area contributed by atoms with E-state index in [9.17, 15) is 5.11 Å². The van der Waals surface area contributed by atoms with Crippen molar-refractivity contribution in [1.29, 1.82) is 0 Å². The van der Waals surface area contributed by atoms with Gasteiger partial charge >= 0.3 is 0 Å². The van der Waals surface area contributed by atoms with E-state index in [2.05, 4.69) is 17.3 Å². The van der Waals surface area contributed by atoms with Gasteiger partial charge in [-0.3, -0.25) is 0 Å². The topological polar surface area (TPSA) is 35.5 Å². The van der Waals surface area contributed by atoms with E-state index in [0.717, 1.165) is 24.3 Å². The zero-order valence-electron chi connectivity index (χ0n) is 10.7. The third kappa shape index (κ3) is 2.96. The molecule has 94 valence electrons. The first kappa shape index (κ1) is 12.3. The quantitative estimate of drug-likeness (QED) is 0.707. The SMILES string of the molecule is CNCC(O)CN(C)CC1CC2CCC1C2. The normalized spacial score (nSPS) is 34.9. The third-order valence-electron chi connectivity index (χ3n) is 4.39. The van der Waals surface area contributed by atoms with Crippen LogP contribution in [-0.4, -0.2) is 49.8 Å². The molecule has 2 N–H and O–H groups in total. The lowest BCUT2D eigenvalue weighted by Gasteiger charge is -2.28. The Morgan fingerprint density at radius 3 is 2.75 bits per heavy atom. The monoisotopic (exact) mass is 226 g/mol. The van der Waals surface area contributed by atoms with Crippen LogP contribution in [0.2, 0.25) is 0 Å². The summed E-state index contributed by atoms with van der Waals surface area (Å²) < 4.78 is 0. The number of likely N-dealkylation sites (N-methyl/N-ethyl adjacent to an activating group) is 2. The van der Waals surface area contributed by atoms with Gasteiger partial charge in [0.2, 0.25) is 0 Å². The summed E-state index contributed by atoms with van der Waals surface area (Å²) >= 11 is 0. The molecule has 4 atom stereocenters. The lowest BCUT2D eigenvalue weighted by molar-refractivity contribution is 0.110. The Balaban J connectivity index is 1.69. The van der Waals surface area contributed by atoms with Crippen molar-refractivity contribution in [2.75, 3.05) is 33.7 Å². The highest BCUT2D eigenvalue weighted by molar-refractivity contribution is 4.91. The number of nitrogens with zero attached hydrogens (tertiary/aromatic N) is 1. The van der Waals surface area contributed by atoms with Crippen LogP contribution in [0.4, 0.5) is 0 Å². The molecule has 0 aromatic rings. The molecule has 0 aliphatic heterocycles. The smallest absolute Gasteiger partial charge is 0.0791 e. The minimum atomic E-state index is -0.228. The van der Waals surface area contributed by atoms with Crippen molar-refractivity contribution in [3.05, 3.63) is 0 Å². The summed E-state index contributed by atoms with van der Waals surface area (Å²) in [6.07, 6.45) is 5.64. The lowest BCUT2D eigenvalue weighted by atomic mass is 9.88. The Morgan fingerprint density at radius 2 is 2.19 bits per heavy atom. The van der Waals surface area contributed by atoms with Gasteiger partial charge in [0.1, 0.15) is 0 Å². The van der Waals surface area contributed by atoms with Gasteiger partial charge in [-0.2, -0.15) is 0 Å². The third-order valence-corrected chi connectivity index (χ3v) is 4.39. The Hall–Kier alpha value is -0.120. The van der Waals surface area contributed by atoms with Crippen LogP contribution in [0.25, 0.3) is 0 Å². The van der Waals surface area contributed by atoms with Crippen molar-refractivity contribution >= 4 is 0 Å². The van der Waals surface area contributed by atoms with Gasteiger partial charge in [-0.25, -0.2) is 0 Å². The maximum Gasteiger partial charge on any atom is 0.0791 e. The van der Waals surface area contributed by atoms with Gasteiger partial charge in [-0.1, -0.05) is 6.42 Å². The van der Waals surface area contributed by atoms with E-state index in [0.29, 0.717) is 6.54 Å². The lowest BCUT2D eigenvalue weighted by Crippen LogP contribution is -2.38. The molecule has 0 amide bonds. The van der Waals surface area contributed by atoms with Crippen LogP contribution < -0.4 is 5.32 Å². The van der Waals surface area contributed by atoms with Crippen LogP contribution in [0, 0.1) is 17.8 Å². The Morgan fingerprint density at radius 1 is 1.38 bits per heavy atom. The van der Waals surface area contributed by atoms with Crippen LogP contribution in [0.15, 0.2) is 0 Å². The van der Waals surface area contributed by atoms with Crippen molar-refractivity contribution in [2.45, 2.75) is 31.8 Å². The van der Waals surface area contributed by atoms with E-state index in [1.165, 1.54) is 32.2 Å². The fraction of sp³-hybridized carbons (Fsp3) is 1.00. The summed E-state index contributed by atoms with van der Waals surface area (Å²) in [4.78, 5) is 2.31. The average Bonchev–Trinajstić information content (AvgIpc) is 2.78. The van der Waals surface area contributed by atoms with E-state index < -0.39 is 0 Å². The molecule has 2 aliphatic rings. The summed E-state index contributed by atoms with van der Waals surface area (Å²) in [5.74, 6) is 2.94. The van der Waals surface area contributed by atoms with Crippen molar-refractivity contribution in [3.8, 4) is 0 Å². The van der Waals surface area contributed by atoms with Gasteiger partial charge in [0.05, 0.1) is 6.10 Å².